The molecule has 0 heterocycles. The first-order valence-electron chi connectivity index (χ1n) is 25.4. The molecule has 0 aromatic rings. The molecule has 0 bridgehead atoms. The molecular weight excluding hydrogens is 757 g/mol. The fourth-order valence-electron chi connectivity index (χ4n) is 6.76. The number of carbonyl (C=O) groups is 3. The lowest BCUT2D eigenvalue weighted by molar-refractivity contribution is -0.167. The van der Waals surface area contributed by atoms with Gasteiger partial charge in [0.25, 0.3) is 0 Å². The van der Waals surface area contributed by atoms with Crippen molar-refractivity contribution in [2.24, 2.45) is 0 Å². The van der Waals surface area contributed by atoms with Crippen LogP contribution in [-0.2, 0) is 28.6 Å². The number of carbonyl (C=O) groups excluding carboxylic acids is 3. The molecule has 6 nitrogen and oxygen atoms in total. The number of allylic oxidation sites excluding steroid dienone is 12. The third-order valence-electron chi connectivity index (χ3n) is 10.7. The maximum atomic E-state index is 12.8. The summed E-state index contributed by atoms with van der Waals surface area (Å²) >= 11 is 0. The molecule has 0 aromatic carbocycles. The quantitative estimate of drug-likeness (QED) is 0.0263. The normalized spacial score (nSPS) is 12.6. The Balaban J connectivity index is 4.49. The van der Waals surface area contributed by atoms with Gasteiger partial charge in [-0.2, -0.15) is 0 Å². The molecule has 0 rings (SSSR count). The lowest BCUT2D eigenvalue weighted by Gasteiger charge is -2.18. The molecule has 0 aliphatic heterocycles. The SMILES string of the molecule is CCCC/C=C\CCCCCCCC(=O)OC[C@@H](COC(=O)CCCCCCC/C=C\CCCCCCCC)OC(=O)CCC/C=C\C/C=C\C/C=C\C/C=C\CCCCC. The average molecular weight is 851 g/mol. The van der Waals surface area contributed by atoms with Gasteiger partial charge in [0.2, 0.25) is 0 Å². The molecule has 0 unspecified atom stereocenters. The predicted molar refractivity (Wildman–Crippen MR) is 261 cm³/mol. The summed E-state index contributed by atoms with van der Waals surface area (Å²) in [4.78, 5) is 37.9. The number of ether oxygens (including phenoxy) is 3. The minimum absolute atomic E-state index is 0.104. The molecule has 0 saturated heterocycles. The Kier molecular flexibility index (Phi) is 46.9. The zero-order chi connectivity index (χ0) is 44.4. The van der Waals surface area contributed by atoms with Crippen molar-refractivity contribution in [3.63, 3.8) is 0 Å². The fraction of sp³-hybridized carbons (Fsp3) is 0.727. The summed E-state index contributed by atoms with van der Waals surface area (Å²) in [6.07, 6.45) is 61.7. The molecule has 0 amide bonds. The Morgan fingerprint density at radius 1 is 0.328 bits per heavy atom. The first-order chi connectivity index (χ1) is 30.0. The highest BCUT2D eigenvalue weighted by Gasteiger charge is 2.19. The van der Waals surface area contributed by atoms with Crippen molar-refractivity contribution in [2.75, 3.05) is 13.2 Å². The Morgan fingerprint density at radius 2 is 0.623 bits per heavy atom. The minimum Gasteiger partial charge on any atom is -0.462 e. The molecule has 0 saturated carbocycles. The van der Waals surface area contributed by atoms with E-state index in [-0.39, 0.29) is 37.5 Å². The summed E-state index contributed by atoms with van der Waals surface area (Å²) in [7, 11) is 0. The molecule has 0 radical (unpaired) electrons. The van der Waals surface area contributed by atoms with Crippen LogP contribution in [0.15, 0.2) is 72.9 Å². The van der Waals surface area contributed by atoms with Crippen LogP contribution in [-0.4, -0.2) is 37.2 Å². The Labute approximate surface area is 376 Å². The van der Waals surface area contributed by atoms with Crippen LogP contribution in [0.5, 0.6) is 0 Å². The van der Waals surface area contributed by atoms with Crippen LogP contribution in [0.2, 0.25) is 0 Å². The number of unbranched alkanes of at least 4 members (excludes halogenated alkanes) is 22. The van der Waals surface area contributed by atoms with Crippen molar-refractivity contribution in [3.8, 4) is 0 Å². The Bertz CT molecular complexity index is 1160. The summed E-state index contributed by atoms with van der Waals surface area (Å²) < 4.78 is 16.7. The second-order valence-corrected chi connectivity index (χ2v) is 16.7. The van der Waals surface area contributed by atoms with Crippen LogP contribution in [0.3, 0.4) is 0 Å². The lowest BCUT2D eigenvalue weighted by Crippen LogP contribution is -2.30. The molecule has 61 heavy (non-hydrogen) atoms. The van der Waals surface area contributed by atoms with E-state index in [0.717, 1.165) is 83.5 Å². The van der Waals surface area contributed by atoms with Gasteiger partial charge in [0.1, 0.15) is 13.2 Å². The largest absolute Gasteiger partial charge is 0.462 e. The molecule has 0 aromatic heterocycles. The molecule has 0 fully saturated rings. The Morgan fingerprint density at radius 3 is 1.07 bits per heavy atom. The van der Waals surface area contributed by atoms with Crippen molar-refractivity contribution in [1.82, 2.24) is 0 Å². The van der Waals surface area contributed by atoms with Crippen LogP contribution >= 0.6 is 0 Å². The molecule has 0 aliphatic carbocycles. The summed E-state index contributed by atoms with van der Waals surface area (Å²) in [6.45, 7) is 6.50. The van der Waals surface area contributed by atoms with Crippen molar-refractivity contribution in [1.29, 1.82) is 0 Å². The number of hydrogen-bond donors (Lipinski definition) is 0. The van der Waals surface area contributed by atoms with Gasteiger partial charge in [-0.15, -0.1) is 0 Å². The van der Waals surface area contributed by atoms with Crippen molar-refractivity contribution < 1.29 is 28.6 Å². The van der Waals surface area contributed by atoms with Gasteiger partial charge >= 0.3 is 17.9 Å². The monoisotopic (exact) mass is 851 g/mol. The summed E-state index contributed by atoms with van der Waals surface area (Å²) in [5.41, 5.74) is 0. The highest BCUT2D eigenvalue weighted by atomic mass is 16.6. The first-order valence-corrected chi connectivity index (χ1v) is 25.4. The summed E-state index contributed by atoms with van der Waals surface area (Å²) in [6, 6.07) is 0. The van der Waals surface area contributed by atoms with Crippen LogP contribution in [0, 0.1) is 0 Å². The van der Waals surface area contributed by atoms with Crippen LogP contribution < -0.4 is 0 Å². The van der Waals surface area contributed by atoms with Gasteiger partial charge in [0, 0.05) is 19.3 Å². The molecule has 350 valence electrons. The molecule has 6 heteroatoms. The van der Waals surface area contributed by atoms with Crippen LogP contribution in [0.25, 0.3) is 0 Å². The molecule has 0 aliphatic rings. The predicted octanol–water partition coefficient (Wildman–Crippen LogP) is 16.6. The van der Waals surface area contributed by atoms with E-state index in [1.54, 1.807) is 0 Å². The topological polar surface area (TPSA) is 78.9 Å². The maximum Gasteiger partial charge on any atom is 0.306 e. The van der Waals surface area contributed by atoms with E-state index < -0.39 is 6.10 Å². The van der Waals surface area contributed by atoms with Gasteiger partial charge in [-0.25, -0.2) is 0 Å². The van der Waals surface area contributed by atoms with Gasteiger partial charge in [-0.1, -0.05) is 190 Å². The van der Waals surface area contributed by atoms with Crippen LogP contribution in [0.4, 0.5) is 0 Å². The first kappa shape index (κ1) is 57.9. The zero-order valence-corrected chi connectivity index (χ0v) is 39.9. The summed E-state index contributed by atoms with van der Waals surface area (Å²) in [5, 5.41) is 0. The third-order valence-corrected chi connectivity index (χ3v) is 10.7. The van der Waals surface area contributed by atoms with Gasteiger partial charge in [0.15, 0.2) is 6.10 Å². The van der Waals surface area contributed by atoms with Gasteiger partial charge in [0.05, 0.1) is 0 Å². The molecular formula is C55H94O6. The lowest BCUT2D eigenvalue weighted by atomic mass is 10.1. The fourth-order valence-corrected chi connectivity index (χ4v) is 6.76. The van der Waals surface area contributed by atoms with Gasteiger partial charge in [-0.3, -0.25) is 14.4 Å². The average Bonchev–Trinajstić information content (AvgIpc) is 3.26. The van der Waals surface area contributed by atoms with Crippen LogP contribution in [0.1, 0.15) is 239 Å². The summed E-state index contributed by atoms with van der Waals surface area (Å²) in [5.74, 6) is -0.979. The van der Waals surface area contributed by atoms with Crippen molar-refractivity contribution in [2.45, 2.75) is 245 Å². The van der Waals surface area contributed by atoms with E-state index >= 15 is 0 Å². The second kappa shape index (κ2) is 49.5. The molecule has 0 N–H and O–H groups in total. The van der Waals surface area contributed by atoms with Crippen molar-refractivity contribution >= 4 is 17.9 Å². The second-order valence-electron chi connectivity index (χ2n) is 16.7. The highest BCUT2D eigenvalue weighted by Crippen LogP contribution is 2.13. The van der Waals surface area contributed by atoms with Gasteiger partial charge in [-0.05, 0) is 103 Å². The van der Waals surface area contributed by atoms with E-state index in [1.165, 1.54) is 109 Å². The van der Waals surface area contributed by atoms with E-state index in [0.29, 0.717) is 19.3 Å². The van der Waals surface area contributed by atoms with Gasteiger partial charge < -0.3 is 14.2 Å². The standard InChI is InChI=1S/C55H94O6/c1-4-7-10-13-16-19-22-24-26-27-29-31-34-37-40-43-46-49-55(58)61-52(50-59-53(56)47-44-41-38-35-32-21-18-15-12-9-6-3)51-60-54(57)48-45-42-39-36-33-30-28-25-23-20-17-14-11-8-5-2/h15-16,18-19,24-26,28-29,31,37,40,52H,4-14,17,20-23,27,30,32-36,38-39,41-51H2,1-3H3/b18-15-,19-16-,26-24-,28-25-,31-29-,40-37-/t52-/m0/s1. The number of rotatable bonds is 45. The third kappa shape index (κ3) is 47.7. The van der Waals surface area contributed by atoms with E-state index in [2.05, 4.69) is 93.7 Å². The smallest absolute Gasteiger partial charge is 0.306 e. The minimum atomic E-state index is -0.809. The number of esters is 3. The number of hydrogen-bond acceptors (Lipinski definition) is 6. The molecule has 0 spiro atoms. The van der Waals surface area contributed by atoms with Crippen molar-refractivity contribution in [3.05, 3.63) is 72.9 Å². The Hall–Kier alpha value is -3.15. The maximum absolute atomic E-state index is 12.8. The molecule has 1 atom stereocenters. The van der Waals surface area contributed by atoms with E-state index in [1.807, 2.05) is 0 Å². The highest BCUT2D eigenvalue weighted by molar-refractivity contribution is 5.71. The van der Waals surface area contributed by atoms with E-state index in [4.69, 9.17) is 14.2 Å². The zero-order valence-electron chi connectivity index (χ0n) is 39.9. The van der Waals surface area contributed by atoms with E-state index in [9.17, 15) is 14.4 Å².